The van der Waals surface area contributed by atoms with Crippen molar-refractivity contribution in [2.24, 2.45) is 0 Å². The molecule has 1 aromatic carbocycles. The zero-order valence-electron chi connectivity index (χ0n) is 11.4. The van der Waals surface area contributed by atoms with Crippen molar-refractivity contribution in [3.63, 3.8) is 0 Å². The summed E-state index contributed by atoms with van der Waals surface area (Å²) in [5, 5.41) is 2.93. The summed E-state index contributed by atoms with van der Waals surface area (Å²) in [5.41, 5.74) is 0.214. The summed E-state index contributed by atoms with van der Waals surface area (Å²) in [6, 6.07) is 2.84. The highest BCUT2D eigenvalue weighted by molar-refractivity contribution is 5.81. The molecule has 0 radical (unpaired) electrons. The molecule has 0 spiro atoms. The van der Waals surface area contributed by atoms with E-state index in [-0.39, 0.29) is 18.0 Å². The zero-order chi connectivity index (χ0) is 14.5. The molecule has 20 heavy (non-hydrogen) atoms. The maximum atomic E-state index is 13.5. The van der Waals surface area contributed by atoms with Crippen LogP contribution in [0.25, 0.3) is 0 Å². The van der Waals surface area contributed by atoms with E-state index in [1.54, 1.807) is 11.8 Å². The first-order valence-electron chi connectivity index (χ1n) is 6.62. The van der Waals surface area contributed by atoms with Crippen molar-refractivity contribution in [2.45, 2.75) is 19.5 Å². The standard InChI is InChI=1S/C14H18F2N2O2/c1-10(14(19)18-4-6-20-7-5-18)17-9-11-8-12(15)2-3-13(11)16/h2-3,8,10,17H,4-7,9H2,1H3. The molecule has 1 fully saturated rings. The Hall–Kier alpha value is -1.53. The van der Waals surface area contributed by atoms with Crippen molar-refractivity contribution >= 4 is 5.91 Å². The van der Waals surface area contributed by atoms with Gasteiger partial charge in [0.15, 0.2) is 0 Å². The van der Waals surface area contributed by atoms with Gasteiger partial charge in [-0.3, -0.25) is 4.79 Å². The minimum absolute atomic E-state index is 0.0508. The monoisotopic (exact) mass is 284 g/mol. The summed E-state index contributed by atoms with van der Waals surface area (Å²) in [5.74, 6) is -1.02. The normalized spacial score (nSPS) is 17.1. The second kappa shape index (κ2) is 6.76. The zero-order valence-corrected chi connectivity index (χ0v) is 11.4. The fraction of sp³-hybridized carbons (Fsp3) is 0.500. The van der Waals surface area contributed by atoms with Crippen molar-refractivity contribution in [3.05, 3.63) is 35.4 Å². The summed E-state index contributed by atoms with van der Waals surface area (Å²) in [7, 11) is 0. The van der Waals surface area contributed by atoms with E-state index in [0.717, 1.165) is 18.2 Å². The molecule has 6 heteroatoms. The fourth-order valence-corrected chi connectivity index (χ4v) is 2.09. The summed E-state index contributed by atoms with van der Waals surface area (Å²) in [6.07, 6.45) is 0. The number of amides is 1. The molecule has 0 bridgehead atoms. The predicted molar refractivity (Wildman–Crippen MR) is 70.1 cm³/mol. The average molecular weight is 284 g/mol. The largest absolute Gasteiger partial charge is 0.378 e. The molecule has 0 aromatic heterocycles. The molecule has 4 nitrogen and oxygen atoms in total. The lowest BCUT2D eigenvalue weighted by molar-refractivity contribution is -0.137. The smallest absolute Gasteiger partial charge is 0.239 e. The minimum Gasteiger partial charge on any atom is -0.378 e. The molecule has 1 aliphatic heterocycles. The maximum Gasteiger partial charge on any atom is 0.239 e. The molecule has 1 aliphatic rings. The number of nitrogens with zero attached hydrogens (tertiary/aromatic N) is 1. The van der Waals surface area contributed by atoms with Gasteiger partial charge in [-0.2, -0.15) is 0 Å². The number of benzene rings is 1. The highest BCUT2D eigenvalue weighted by Gasteiger charge is 2.22. The topological polar surface area (TPSA) is 41.6 Å². The van der Waals surface area contributed by atoms with Crippen LogP contribution in [0.2, 0.25) is 0 Å². The number of nitrogens with one attached hydrogen (secondary N) is 1. The first kappa shape index (κ1) is 14.9. The van der Waals surface area contributed by atoms with Crippen molar-refractivity contribution in [1.82, 2.24) is 10.2 Å². The van der Waals surface area contributed by atoms with E-state index in [2.05, 4.69) is 5.32 Å². The lowest BCUT2D eigenvalue weighted by Crippen LogP contribution is -2.49. The third-order valence-electron chi connectivity index (χ3n) is 3.30. The van der Waals surface area contributed by atoms with Gasteiger partial charge in [0.1, 0.15) is 11.6 Å². The molecule has 0 aliphatic carbocycles. The highest BCUT2D eigenvalue weighted by Crippen LogP contribution is 2.10. The Bertz CT molecular complexity index is 476. The Balaban J connectivity index is 1.89. The van der Waals surface area contributed by atoms with Crippen LogP contribution in [0.15, 0.2) is 18.2 Å². The van der Waals surface area contributed by atoms with Crippen molar-refractivity contribution < 1.29 is 18.3 Å². The molecular formula is C14H18F2N2O2. The Labute approximate surface area is 116 Å². The van der Waals surface area contributed by atoms with Gasteiger partial charge in [0, 0.05) is 25.2 Å². The summed E-state index contributed by atoms with van der Waals surface area (Å²) in [4.78, 5) is 13.8. The first-order chi connectivity index (χ1) is 9.58. The van der Waals surface area contributed by atoms with Gasteiger partial charge in [-0.25, -0.2) is 8.78 Å². The summed E-state index contributed by atoms with van der Waals surface area (Å²) in [6.45, 7) is 4.04. The Morgan fingerprint density at radius 1 is 1.40 bits per heavy atom. The molecular weight excluding hydrogens is 266 g/mol. The number of rotatable bonds is 4. The van der Waals surface area contributed by atoms with Crippen LogP contribution >= 0.6 is 0 Å². The Kier molecular flexibility index (Phi) is 5.03. The van der Waals surface area contributed by atoms with Crippen LogP contribution in [-0.2, 0) is 16.1 Å². The molecule has 110 valence electrons. The van der Waals surface area contributed by atoms with Crippen LogP contribution in [0, 0.1) is 11.6 Å². The second-order valence-electron chi connectivity index (χ2n) is 4.78. The van der Waals surface area contributed by atoms with E-state index in [4.69, 9.17) is 4.74 Å². The first-order valence-corrected chi connectivity index (χ1v) is 6.62. The van der Waals surface area contributed by atoms with Gasteiger partial charge < -0.3 is 15.0 Å². The van der Waals surface area contributed by atoms with Gasteiger partial charge >= 0.3 is 0 Å². The van der Waals surface area contributed by atoms with Crippen LogP contribution in [0.4, 0.5) is 8.78 Å². The van der Waals surface area contributed by atoms with Gasteiger partial charge in [-0.1, -0.05) is 0 Å². The molecule has 1 heterocycles. The third kappa shape index (κ3) is 3.74. The molecule has 1 amide bonds. The Morgan fingerprint density at radius 3 is 2.80 bits per heavy atom. The van der Waals surface area contributed by atoms with Crippen molar-refractivity contribution in [1.29, 1.82) is 0 Å². The number of morpholine rings is 1. The molecule has 1 atom stereocenters. The van der Waals surface area contributed by atoms with Gasteiger partial charge in [0.2, 0.25) is 5.91 Å². The van der Waals surface area contributed by atoms with Crippen molar-refractivity contribution in [3.8, 4) is 0 Å². The predicted octanol–water partition coefficient (Wildman–Crippen LogP) is 1.30. The van der Waals surface area contributed by atoms with E-state index in [1.807, 2.05) is 0 Å². The van der Waals surface area contributed by atoms with E-state index < -0.39 is 17.7 Å². The van der Waals surface area contributed by atoms with E-state index in [1.165, 1.54) is 0 Å². The summed E-state index contributed by atoms with van der Waals surface area (Å²) >= 11 is 0. The van der Waals surface area contributed by atoms with E-state index in [0.29, 0.717) is 26.3 Å². The second-order valence-corrected chi connectivity index (χ2v) is 4.78. The average Bonchev–Trinajstić information content (AvgIpc) is 2.48. The van der Waals surface area contributed by atoms with Gasteiger partial charge in [-0.15, -0.1) is 0 Å². The van der Waals surface area contributed by atoms with Crippen molar-refractivity contribution in [2.75, 3.05) is 26.3 Å². The number of hydrogen-bond donors (Lipinski definition) is 1. The van der Waals surface area contributed by atoms with Crippen LogP contribution in [0.5, 0.6) is 0 Å². The van der Waals surface area contributed by atoms with Crippen LogP contribution in [-0.4, -0.2) is 43.2 Å². The Morgan fingerprint density at radius 2 is 2.10 bits per heavy atom. The van der Waals surface area contributed by atoms with E-state index >= 15 is 0 Å². The highest BCUT2D eigenvalue weighted by atomic mass is 19.1. The number of hydrogen-bond acceptors (Lipinski definition) is 3. The number of ether oxygens (including phenoxy) is 1. The summed E-state index contributed by atoms with van der Waals surface area (Å²) < 4.78 is 31.7. The molecule has 1 unspecified atom stereocenters. The molecule has 0 saturated carbocycles. The van der Waals surface area contributed by atoms with Crippen LogP contribution < -0.4 is 5.32 Å². The number of carbonyl (C=O) groups excluding carboxylic acids is 1. The third-order valence-corrected chi connectivity index (χ3v) is 3.30. The molecule has 1 aromatic rings. The number of carbonyl (C=O) groups is 1. The quantitative estimate of drug-likeness (QED) is 0.906. The van der Waals surface area contributed by atoms with Crippen LogP contribution in [0.1, 0.15) is 12.5 Å². The SMILES string of the molecule is CC(NCc1cc(F)ccc1F)C(=O)N1CCOCC1. The minimum atomic E-state index is -0.490. The molecule has 1 N–H and O–H groups in total. The van der Waals surface area contributed by atoms with Crippen LogP contribution in [0.3, 0.4) is 0 Å². The lowest BCUT2D eigenvalue weighted by atomic mass is 10.2. The lowest BCUT2D eigenvalue weighted by Gasteiger charge is -2.29. The maximum absolute atomic E-state index is 13.5. The molecule has 1 saturated heterocycles. The van der Waals surface area contributed by atoms with E-state index in [9.17, 15) is 13.6 Å². The number of halogens is 2. The fourth-order valence-electron chi connectivity index (χ4n) is 2.09. The van der Waals surface area contributed by atoms with Gasteiger partial charge in [-0.05, 0) is 25.1 Å². The van der Waals surface area contributed by atoms with Gasteiger partial charge in [0.05, 0.1) is 19.3 Å². The van der Waals surface area contributed by atoms with Gasteiger partial charge in [0.25, 0.3) is 0 Å². The molecule has 2 rings (SSSR count).